The molecule has 0 aliphatic carbocycles. The van der Waals surface area contributed by atoms with E-state index in [0.717, 1.165) is 10.1 Å². The van der Waals surface area contributed by atoms with Crippen LogP contribution in [0.4, 0.5) is 0 Å². The van der Waals surface area contributed by atoms with E-state index in [1.165, 1.54) is 6.21 Å². The molecular weight excluding hydrogens is 294 g/mol. The number of aliphatic imine (C=N–C) groups is 1. The molecule has 0 bridgehead atoms. The standard InChI is InChI=1S/C17H21N3O3/c1-11(12-8-6-5-7-9-12)18-10-13-14(21)19-16(23)20(15(13)22)17(2,3)4/h5-11,22H,1-4H3,(H,19,21,23)/t11-/m1/s1. The lowest BCUT2D eigenvalue weighted by Crippen LogP contribution is -2.40. The summed E-state index contributed by atoms with van der Waals surface area (Å²) < 4.78 is 1.14. The molecule has 122 valence electrons. The van der Waals surface area contributed by atoms with Crippen molar-refractivity contribution in [1.29, 1.82) is 0 Å². The monoisotopic (exact) mass is 315 g/mol. The Hall–Kier alpha value is -2.63. The van der Waals surface area contributed by atoms with Gasteiger partial charge in [-0.2, -0.15) is 0 Å². The Morgan fingerprint density at radius 1 is 1.22 bits per heavy atom. The van der Waals surface area contributed by atoms with Gasteiger partial charge < -0.3 is 5.11 Å². The maximum Gasteiger partial charge on any atom is 0.331 e. The largest absolute Gasteiger partial charge is 0.494 e. The van der Waals surface area contributed by atoms with Gasteiger partial charge in [0.05, 0.1) is 6.04 Å². The van der Waals surface area contributed by atoms with Crippen molar-refractivity contribution in [2.45, 2.75) is 39.3 Å². The van der Waals surface area contributed by atoms with Crippen LogP contribution in [-0.2, 0) is 5.54 Å². The molecule has 0 aliphatic heterocycles. The molecular formula is C17H21N3O3. The third-order valence-electron chi connectivity index (χ3n) is 3.50. The van der Waals surface area contributed by atoms with Crippen molar-refractivity contribution in [3.05, 3.63) is 62.3 Å². The van der Waals surface area contributed by atoms with Gasteiger partial charge in [0, 0.05) is 11.8 Å². The van der Waals surface area contributed by atoms with Gasteiger partial charge in [0.2, 0.25) is 5.88 Å². The molecule has 0 aliphatic rings. The molecule has 2 aromatic rings. The Balaban J connectivity index is 2.47. The van der Waals surface area contributed by atoms with Crippen molar-refractivity contribution >= 4 is 6.21 Å². The van der Waals surface area contributed by atoms with E-state index < -0.39 is 16.8 Å². The first-order valence-electron chi connectivity index (χ1n) is 7.38. The zero-order valence-corrected chi connectivity index (χ0v) is 13.7. The number of nitrogens with zero attached hydrogens (tertiary/aromatic N) is 2. The predicted octanol–water partition coefficient (Wildman–Crippen LogP) is 2.18. The Morgan fingerprint density at radius 2 is 1.83 bits per heavy atom. The molecule has 0 saturated heterocycles. The second kappa shape index (κ2) is 6.24. The van der Waals surface area contributed by atoms with Crippen molar-refractivity contribution in [2.75, 3.05) is 0 Å². The Kier molecular flexibility index (Phi) is 4.54. The fourth-order valence-electron chi connectivity index (χ4n) is 2.28. The summed E-state index contributed by atoms with van der Waals surface area (Å²) in [7, 11) is 0. The number of nitrogens with one attached hydrogen (secondary N) is 1. The summed E-state index contributed by atoms with van der Waals surface area (Å²) >= 11 is 0. The van der Waals surface area contributed by atoms with Crippen LogP contribution in [0.15, 0.2) is 44.9 Å². The van der Waals surface area contributed by atoms with Gasteiger partial charge in [-0.3, -0.25) is 19.3 Å². The molecule has 0 spiro atoms. The first-order chi connectivity index (χ1) is 10.7. The molecule has 0 unspecified atom stereocenters. The van der Waals surface area contributed by atoms with E-state index in [2.05, 4.69) is 9.98 Å². The van der Waals surface area contributed by atoms with Crippen molar-refractivity contribution in [2.24, 2.45) is 4.99 Å². The lowest BCUT2D eigenvalue weighted by Gasteiger charge is -2.23. The highest BCUT2D eigenvalue weighted by Crippen LogP contribution is 2.20. The van der Waals surface area contributed by atoms with Gasteiger partial charge in [-0.05, 0) is 33.3 Å². The van der Waals surface area contributed by atoms with Crippen molar-refractivity contribution < 1.29 is 5.11 Å². The lowest BCUT2D eigenvalue weighted by molar-refractivity contribution is 0.305. The van der Waals surface area contributed by atoms with E-state index in [9.17, 15) is 14.7 Å². The average Bonchev–Trinajstić information content (AvgIpc) is 2.45. The van der Waals surface area contributed by atoms with Crippen LogP contribution in [0.2, 0.25) is 0 Å². The molecule has 0 amide bonds. The lowest BCUT2D eigenvalue weighted by atomic mass is 10.1. The van der Waals surface area contributed by atoms with E-state index in [-0.39, 0.29) is 17.5 Å². The molecule has 1 atom stereocenters. The highest BCUT2D eigenvalue weighted by Gasteiger charge is 2.22. The molecule has 2 N–H and O–H groups in total. The van der Waals surface area contributed by atoms with E-state index in [4.69, 9.17) is 0 Å². The normalized spacial score (nSPS) is 13.4. The summed E-state index contributed by atoms with van der Waals surface area (Å²) in [5.74, 6) is -0.379. The molecule has 1 aromatic carbocycles. The number of hydrogen-bond acceptors (Lipinski definition) is 4. The molecule has 2 rings (SSSR count). The number of rotatable bonds is 3. The van der Waals surface area contributed by atoms with Crippen LogP contribution in [0.25, 0.3) is 0 Å². The summed E-state index contributed by atoms with van der Waals surface area (Å²) in [5.41, 5.74) is -1.00. The number of hydrogen-bond donors (Lipinski definition) is 2. The van der Waals surface area contributed by atoms with Crippen LogP contribution in [0.3, 0.4) is 0 Å². The first-order valence-corrected chi connectivity index (χ1v) is 7.38. The summed E-state index contributed by atoms with van der Waals surface area (Å²) in [4.78, 5) is 30.4. The molecule has 1 aromatic heterocycles. The second-order valence-electron chi connectivity index (χ2n) is 6.37. The van der Waals surface area contributed by atoms with Gasteiger partial charge in [-0.1, -0.05) is 30.3 Å². The third kappa shape index (κ3) is 3.59. The SMILES string of the molecule is C[C@@H](N=Cc1c(O)n(C(C)(C)C)c(=O)[nH]c1=O)c1ccccc1. The summed E-state index contributed by atoms with van der Waals surface area (Å²) in [6.07, 6.45) is 1.31. The molecule has 23 heavy (non-hydrogen) atoms. The predicted molar refractivity (Wildman–Crippen MR) is 90.4 cm³/mol. The molecule has 0 radical (unpaired) electrons. The number of benzene rings is 1. The minimum Gasteiger partial charge on any atom is -0.494 e. The quantitative estimate of drug-likeness (QED) is 0.851. The highest BCUT2D eigenvalue weighted by molar-refractivity contribution is 5.82. The second-order valence-corrected chi connectivity index (χ2v) is 6.37. The molecule has 6 nitrogen and oxygen atoms in total. The fraction of sp³-hybridized carbons (Fsp3) is 0.353. The van der Waals surface area contributed by atoms with E-state index >= 15 is 0 Å². The third-order valence-corrected chi connectivity index (χ3v) is 3.50. The number of H-pyrrole nitrogens is 1. The first kappa shape index (κ1) is 16.7. The van der Waals surface area contributed by atoms with Gasteiger partial charge in [-0.15, -0.1) is 0 Å². The van der Waals surface area contributed by atoms with Gasteiger partial charge in [0.15, 0.2) is 0 Å². The molecule has 0 fully saturated rings. The number of aromatic amines is 1. The molecule has 6 heteroatoms. The maximum atomic E-state index is 12.0. The van der Waals surface area contributed by atoms with Crippen LogP contribution >= 0.6 is 0 Å². The minimum absolute atomic E-state index is 0.0256. The van der Waals surface area contributed by atoms with Gasteiger partial charge in [-0.25, -0.2) is 4.79 Å². The van der Waals surface area contributed by atoms with Crippen molar-refractivity contribution in [3.63, 3.8) is 0 Å². The summed E-state index contributed by atoms with van der Waals surface area (Å²) in [6.45, 7) is 7.18. The van der Waals surface area contributed by atoms with E-state index in [1.807, 2.05) is 37.3 Å². The topological polar surface area (TPSA) is 87.4 Å². The van der Waals surface area contributed by atoms with Gasteiger partial charge in [0.25, 0.3) is 5.56 Å². The zero-order valence-electron chi connectivity index (χ0n) is 13.7. The Morgan fingerprint density at radius 3 is 2.39 bits per heavy atom. The van der Waals surface area contributed by atoms with Crippen molar-refractivity contribution in [1.82, 2.24) is 9.55 Å². The Labute approximate surface area is 134 Å². The molecule has 1 heterocycles. The van der Waals surface area contributed by atoms with Crippen LogP contribution in [-0.4, -0.2) is 20.9 Å². The number of aromatic hydroxyl groups is 1. The zero-order chi connectivity index (χ0) is 17.2. The van der Waals surface area contributed by atoms with Crippen molar-refractivity contribution in [3.8, 4) is 5.88 Å². The Bertz CT molecular complexity index is 827. The van der Waals surface area contributed by atoms with Gasteiger partial charge in [0.1, 0.15) is 5.56 Å². The average molecular weight is 315 g/mol. The van der Waals surface area contributed by atoms with Crippen LogP contribution < -0.4 is 11.2 Å². The molecule has 0 saturated carbocycles. The van der Waals surface area contributed by atoms with Crippen LogP contribution in [0.5, 0.6) is 5.88 Å². The van der Waals surface area contributed by atoms with Crippen LogP contribution in [0, 0.1) is 0 Å². The minimum atomic E-state index is -0.668. The highest BCUT2D eigenvalue weighted by atomic mass is 16.3. The summed E-state index contributed by atoms with van der Waals surface area (Å²) in [5, 5.41) is 10.3. The number of aromatic nitrogens is 2. The maximum absolute atomic E-state index is 12.0. The fourth-order valence-corrected chi connectivity index (χ4v) is 2.28. The van der Waals surface area contributed by atoms with Gasteiger partial charge >= 0.3 is 5.69 Å². The van der Waals surface area contributed by atoms with Crippen LogP contribution in [0.1, 0.15) is 44.9 Å². The summed E-state index contributed by atoms with van der Waals surface area (Å²) in [6, 6.07) is 9.42. The van der Waals surface area contributed by atoms with E-state index in [0.29, 0.717) is 0 Å². The van der Waals surface area contributed by atoms with E-state index in [1.54, 1.807) is 20.8 Å². The smallest absolute Gasteiger partial charge is 0.331 e.